The molecule has 1 amide bonds. The fraction of sp³-hybridized carbons (Fsp3) is 0.526. The summed E-state index contributed by atoms with van der Waals surface area (Å²) in [5, 5.41) is 0. The van der Waals surface area contributed by atoms with E-state index in [2.05, 4.69) is 4.99 Å². The number of nitrogens with zero attached hydrogens (tertiary/aromatic N) is 3. The summed E-state index contributed by atoms with van der Waals surface area (Å²) in [5.74, 6) is -1.02. The van der Waals surface area contributed by atoms with E-state index in [0.29, 0.717) is 30.7 Å². The molecule has 29 heavy (non-hydrogen) atoms. The van der Waals surface area contributed by atoms with Crippen LogP contribution in [0.15, 0.2) is 17.1 Å². The van der Waals surface area contributed by atoms with Gasteiger partial charge < -0.3 is 9.30 Å². The normalized spacial score (nSPS) is 17.0. The van der Waals surface area contributed by atoms with Crippen molar-refractivity contribution in [3.63, 3.8) is 0 Å². The minimum Gasteiger partial charge on any atom is -0.468 e. The Balaban J connectivity index is 1.95. The number of aromatic nitrogens is 1. The van der Waals surface area contributed by atoms with Crippen molar-refractivity contribution >= 4 is 43.5 Å². The second-order valence-electron chi connectivity index (χ2n) is 7.34. The Morgan fingerprint density at radius 2 is 1.83 bits per heavy atom. The molecule has 0 bridgehead atoms. The molecule has 0 aliphatic carbocycles. The van der Waals surface area contributed by atoms with Crippen LogP contribution < -0.4 is 4.80 Å². The number of ether oxygens (including phenoxy) is 1. The van der Waals surface area contributed by atoms with Gasteiger partial charge in [0.2, 0.25) is 10.0 Å². The van der Waals surface area contributed by atoms with E-state index in [0.717, 1.165) is 21.3 Å². The highest BCUT2D eigenvalue weighted by atomic mass is 32.2. The third-order valence-electron chi connectivity index (χ3n) is 5.29. The van der Waals surface area contributed by atoms with Gasteiger partial charge in [-0.05, 0) is 49.9 Å². The van der Waals surface area contributed by atoms with Crippen molar-refractivity contribution in [3.8, 4) is 0 Å². The lowest BCUT2D eigenvalue weighted by molar-refractivity contribution is -0.141. The number of methoxy groups -OCH3 is 1. The van der Waals surface area contributed by atoms with Gasteiger partial charge in [-0.15, -0.1) is 0 Å². The van der Waals surface area contributed by atoms with E-state index in [4.69, 9.17) is 4.74 Å². The van der Waals surface area contributed by atoms with E-state index in [-0.39, 0.29) is 18.4 Å². The molecular weight excluding hydrogens is 414 g/mol. The molecule has 2 heterocycles. The van der Waals surface area contributed by atoms with E-state index in [1.165, 1.54) is 29.0 Å². The molecule has 1 aliphatic rings. The van der Waals surface area contributed by atoms with Crippen LogP contribution in [0.1, 0.15) is 24.0 Å². The van der Waals surface area contributed by atoms with Crippen LogP contribution in [0, 0.1) is 19.8 Å². The minimum absolute atomic E-state index is 0.0301. The van der Waals surface area contributed by atoms with Gasteiger partial charge >= 0.3 is 5.97 Å². The first kappa shape index (κ1) is 21.7. The SMILES string of the molecule is COC(=O)Cn1c(=NC(=O)C2CCN(S(C)(=O)=O)CC2)sc2cc(C)c(C)cc21. The fourth-order valence-electron chi connectivity index (χ4n) is 3.37. The zero-order chi connectivity index (χ0) is 21.3. The molecule has 1 aromatic heterocycles. The van der Waals surface area contributed by atoms with Crippen molar-refractivity contribution in [2.45, 2.75) is 33.2 Å². The highest BCUT2D eigenvalue weighted by Gasteiger charge is 2.29. The quantitative estimate of drug-likeness (QED) is 0.674. The summed E-state index contributed by atoms with van der Waals surface area (Å²) >= 11 is 1.36. The van der Waals surface area contributed by atoms with Crippen LogP contribution in [0.25, 0.3) is 10.2 Å². The van der Waals surface area contributed by atoms with Crippen LogP contribution in [0.3, 0.4) is 0 Å². The standard InChI is InChI=1S/C19H25N3O5S2/c1-12-9-15-16(10-13(12)2)28-19(22(15)11-17(23)27-3)20-18(24)14-5-7-21(8-6-14)29(4,25)26/h9-10,14H,5-8,11H2,1-4H3. The van der Waals surface area contributed by atoms with E-state index in [9.17, 15) is 18.0 Å². The van der Waals surface area contributed by atoms with Crippen LogP contribution in [-0.4, -0.2) is 55.6 Å². The summed E-state index contributed by atoms with van der Waals surface area (Å²) in [7, 11) is -1.92. The number of hydrogen-bond donors (Lipinski definition) is 0. The molecule has 1 aromatic carbocycles. The van der Waals surface area contributed by atoms with Gasteiger partial charge in [0.05, 0.1) is 23.6 Å². The molecule has 1 fully saturated rings. The van der Waals surface area contributed by atoms with Gasteiger partial charge in [-0.1, -0.05) is 11.3 Å². The van der Waals surface area contributed by atoms with E-state index in [1.807, 2.05) is 26.0 Å². The fourth-order valence-corrected chi connectivity index (χ4v) is 5.36. The van der Waals surface area contributed by atoms with Crippen molar-refractivity contribution < 1.29 is 22.7 Å². The van der Waals surface area contributed by atoms with Gasteiger partial charge in [0, 0.05) is 19.0 Å². The predicted octanol–water partition coefficient (Wildman–Crippen LogP) is 1.59. The number of piperidine rings is 1. The van der Waals surface area contributed by atoms with E-state index in [1.54, 1.807) is 4.57 Å². The number of esters is 1. The molecule has 1 aliphatic heterocycles. The molecule has 0 unspecified atom stereocenters. The van der Waals surface area contributed by atoms with Crippen molar-refractivity contribution in [2.24, 2.45) is 10.9 Å². The monoisotopic (exact) mass is 439 g/mol. The second kappa shape index (κ2) is 8.37. The molecule has 158 valence electrons. The van der Waals surface area contributed by atoms with Gasteiger partial charge in [0.1, 0.15) is 6.54 Å². The highest BCUT2D eigenvalue weighted by Crippen LogP contribution is 2.23. The van der Waals surface area contributed by atoms with Crippen LogP contribution in [0.5, 0.6) is 0 Å². The number of amides is 1. The van der Waals surface area contributed by atoms with Crippen LogP contribution in [-0.2, 0) is 30.9 Å². The molecule has 8 nitrogen and oxygen atoms in total. The molecule has 0 atom stereocenters. The largest absolute Gasteiger partial charge is 0.468 e. The molecule has 0 saturated carbocycles. The number of rotatable bonds is 4. The number of fused-ring (bicyclic) bond motifs is 1. The molecule has 2 aromatic rings. The lowest BCUT2D eigenvalue weighted by Gasteiger charge is -2.28. The maximum atomic E-state index is 12.8. The Labute approximate surface area is 173 Å². The summed E-state index contributed by atoms with van der Waals surface area (Å²) < 4.78 is 32.2. The summed E-state index contributed by atoms with van der Waals surface area (Å²) in [6, 6.07) is 4.01. The predicted molar refractivity (Wildman–Crippen MR) is 111 cm³/mol. The first-order chi connectivity index (χ1) is 13.6. The zero-order valence-corrected chi connectivity index (χ0v) is 18.6. The number of carbonyl (C=O) groups excluding carboxylic acids is 2. The topological polar surface area (TPSA) is 98.0 Å². The maximum Gasteiger partial charge on any atom is 0.325 e. The van der Waals surface area contributed by atoms with Gasteiger partial charge in [0.15, 0.2) is 4.80 Å². The smallest absolute Gasteiger partial charge is 0.325 e. The lowest BCUT2D eigenvalue weighted by atomic mass is 9.98. The highest BCUT2D eigenvalue weighted by molar-refractivity contribution is 7.88. The molecule has 10 heteroatoms. The minimum atomic E-state index is -3.24. The van der Waals surface area contributed by atoms with Gasteiger partial charge in [0.25, 0.3) is 5.91 Å². The number of carbonyl (C=O) groups is 2. The van der Waals surface area contributed by atoms with Crippen LogP contribution in [0.2, 0.25) is 0 Å². The average molecular weight is 440 g/mol. The Morgan fingerprint density at radius 3 is 2.41 bits per heavy atom. The van der Waals surface area contributed by atoms with E-state index >= 15 is 0 Å². The Morgan fingerprint density at radius 1 is 1.21 bits per heavy atom. The number of hydrogen-bond acceptors (Lipinski definition) is 6. The van der Waals surface area contributed by atoms with Crippen LogP contribution in [0.4, 0.5) is 0 Å². The Hall–Kier alpha value is -2.04. The molecule has 0 radical (unpaired) electrons. The van der Waals surface area contributed by atoms with Crippen molar-refractivity contribution in [1.82, 2.24) is 8.87 Å². The number of benzene rings is 1. The van der Waals surface area contributed by atoms with Gasteiger partial charge in [-0.25, -0.2) is 12.7 Å². The van der Waals surface area contributed by atoms with E-state index < -0.39 is 16.0 Å². The summed E-state index contributed by atoms with van der Waals surface area (Å²) in [5.41, 5.74) is 3.04. The Kier molecular flexibility index (Phi) is 6.25. The zero-order valence-electron chi connectivity index (χ0n) is 17.0. The third-order valence-corrected chi connectivity index (χ3v) is 7.64. The molecular formula is C19H25N3O5S2. The number of aryl methyl sites for hydroxylation is 2. The summed E-state index contributed by atoms with van der Waals surface area (Å²) in [6.45, 7) is 4.61. The van der Waals surface area contributed by atoms with Gasteiger partial charge in [-0.3, -0.25) is 9.59 Å². The first-order valence-corrected chi connectivity index (χ1v) is 12.0. The second-order valence-corrected chi connectivity index (χ2v) is 10.3. The maximum absolute atomic E-state index is 12.8. The number of thiazole rings is 1. The van der Waals surface area contributed by atoms with Crippen molar-refractivity contribution in [1.29, 1.82) is 0 Å². The molecule has 0 N–H and O–H groups in total. The Bertz CT molecular complexity index is 1120. The van der Waals surface area contributed by atoms with Gasteiger partial charge in [-0.2, -0.15) is 4.99 Å². The first-order valence-electron chi connectivity index (χ1n) is 9.31. The average Bonchev–Trinajstić information content (AvgIpc) is 2.97. The van der Waals surface area contributed by atoms with Crippen molar-refractivity contribution in [3.05, 3.63) is 28.1 Å². The summed E-state index contributed by atoms with van der Waals surface area (Å²) in [4.78, 5) is 29.5. The van der Waals surface area contributed by atoms with Crippen molar-refractivity contribution in [2.75, 3.05) is 26.5 Å². The number of sulfonamides is 1. The third kappa shape index (κ3) is 4.76. The summed E-state index contributed by atoms with van der Waals surface area (Å²) in [6.07, 6.45) is 2.06. The van der Waals surface area contributed by atoms with Crippen LogP contribution >= 0.6 is 11.3 Å². The molecule has 3 rings (SSSR count). The lowest BCUT2D eigenvalue weighted by Crippen LogP contribution is -2.39. The molecule has 0 spiro atoms. The molecule has 1 saturated heterocycles.